The monoisotopic (exact) mass is 270 g/mol. The van der Waals surface area contributed by atoms with Crippen LogP contribution in [-0.2, 0) is 14.4 Å². The van der Waals surface area contributed by atoms with E-state index in [1.807, 2.05) is 0 Å². The summed E-state index contributed by atoms with van der Waals surface area (Å²) >= 11 is 0. The van der Waals surface area contributed by atoms with Crippen LogP contribution in [0.4, 0.5) is 0 Å². The smallest absolute Gasteiger partial charge is 0.353 e. The van der Waals surface area contributed by atoms with Crippen molar-refractivity contribution < 1.29 is 19.5 Å². The molecule has 0 bridgehead atoms. The second kappa shape index (κ2) is 7.76. The molecule has 1 aliphatic rings. The van der Waals surface area contributed by atoms with Gasteiger partial charge in [-0.2, -0.15) is 0 Å². The standard InChI is InChI=1S/C13H22N2O4/c1-3-5-7-9(6-4-2)14-12(16)11-8-10(13(17)18)15-19-11/h9,11H,3-8H2,1-2H3,(H,14,16)(H,17,18). The van der Waals surface area contributed by atoms with E-state index in [0.29, 0.717) is 0 Å². The minimum atomic E-state index is -1.13. The lowest BCUT2D eigenvalue weighted by molar-refractivity contribution is -0.132. The van der Waals surface area contributed by atoms with E-state index < -0.39 is 12.1 Å². The number of hydrogen-bond acceptors (Lipinski definition) is 4. The van der Waals surface area contributed by atoms with Gasteiger partial charge in [-0.3, -0.25) is 4.79 Å². The van der Waals surface area contributed by atoms with Crippen molar-refractivity contribution in [3.05, 3.63) is 0 Å². The highest BCUT2D eigenvalue weighted by molar-refractivity contribution is 6.36. The highest BCUT2D eigenvalue weighted by Crippen LogP contribution is 2.13. The first kappa shape index (κ1) is 15.5. The number of rotatable bonds is 8. The second-order valence-electron chi connectivity index (χ2n) is 4.78. The summed E-state index contributed by atoms with van der Waals surface area (Å²) in [6, 6.07) is 0.134. The lowest BCUT2D eigenvalue weighted by atomic mass is 10.0. The Hall–Kier alpha value is -1.59. The van der Waals surface area contributed by atoms with Gasteiger partial charge in [0, 0.05) is 12.5 Å². The van der Waals surface area contributed by atoms with Gasteiger partial charge in [-0.05, 0) is 12.8 Å². The number of unbranched alkanes of at least 4 members (excludes halogenated alkanes) is 1. The van der Waals surface area contributed by atoms with Gasteiger partial charge in [-0.25, -0.2) is 4.79 Å². The van der Waals surface area contributed by atoms with E-state index in [1.54, 1.807) is 0 Å². The van der Waals surface area contributed by atoms with Crippen molar-refractivity contribution in [3.8, 4) is 0 Å². The third-order valence-corrected chi connectivity index (χ3v) is 3.10. The predicted molar refractivity (Wildman–Crippen MR) is 70.9 cm³/mol. The van der Waals surface area contributed by atoms with Crippen LogP contribution < -0.4 is 5.32 Å². The molecule has 2 atom stereocenters. The number of carbonyl (C=O) groups is 2. The molecule has 6 nitrogen and oxygen atoms in total. The summed E-state index contributed by atoms with van der Waals surface area (Å²) in [5, 5.41) is 15.1. The summed E-state index contributed by atoms with van der Waals surface area (Å²) in [4.78, 5) is 27.5. The molecule has 0 aromatic rings. The number of hydrogen-bond donors (Lipinski definition) is 2. The summed E-state index contributed by atoms with van der Waals surface area (Å²) in [6.07, 6.45) is 4.24. The van der Waals surface area contributed by atoms with E-state index in [-0.39, 0.29) is 24.1 Å². The number of carboxylic acids is 1. The molecule has 0 radical (unpaired) electrons. The number of nitrogens with zero attached hydrogens (tertiary/aromatic N) is 1. The summed E-state index contributed by atoms with van der Waals surface area (Å²) < 4.78 is 0. The molecule has 1 rings (SSSR count). The summed E-state index contributed by atoms with van der Waals surface area (Å²) in [5.74, 6) is -1.40. The van der Waals surface area contributed by atoms with E-state index in [1.165, 1.54) is 0 Å². The van der Waals surface area contributed by atoms with Gasteiger partial charge < -0.3 is 15.3 Å². The Morgan fingerprint density at radius 1 is 1.42 bits per heavy atom. The second-order valence-corrected chi connectivity index (χ2v) is 4.78. The summed E-state index contributed by atoms with van der Waals surface area (Å²) in [6.45, 7) is 4.18. The average Bonchev–Trinajstić information content (AvgIpc) is 2.86. The minimum absolute atomic E-state index is 0.0355. The quantitative estimate of drug-likeness (QED) is 0.702. The first-order chi connectivity index (χ1) is 9.08. The highest BCUT2D eigenvalue weighted by atomic mass is 16.6. The van der Waals surface area contributed by atoms with Gasteiger partial charge in [0.1, 0.15) is 0 Å². The Balaban J connectivity index is 2.43. The molecule has 2 unspecified atom stereocenters. The van der Waals surface area contributed by atoms with Gasteiger partial charge in [-0.1, -0.05) is 38.3 Å². The number of amides is 1. The maximum absolute atomic E-state index is 12.0. The van der Waals surface area contributed by atoms with Crippen LogP contribution in [0.5, 0.6) is 0 Å². The van der Waals surface area contributed by atoms with E-state index in [9.17, 15) is 9.59 Å². The van der Waals surface area contributed by atoms with Crippen LogP contribution in [0.2, 0.25) is 0 Å². The molecule has 6 heteroatoms. The molecule has 0 aromatic heterocycles. The van der Waals surface area contributed by atoms with Crippen molar-refractivity contribution in [2.45, 2.75) is 64.5 Å². The van der Waals surface area contributed by atoms with Crippen molar-refractivity contribution in [1.29, 1.82) is 0 Å². The zero-order chi connectivity index (χ0) is 14.3. The molecular formula is C13H22N2O4. The fourth-order valence-corrected chi connectivity index (χ4v) is 2.03. The van der Waals surface area contributed by atoms with Gasteiger partial charge in [0.05, 0.1) is 0 Å². The van der Waals surface area contributed by atoms with Crippen LogP contribution in [0.15, 0.2) is 5.16 Å². The first-order valence-corrected chi connectivity index (χ1v) is 6.84. The number of oxime groups is 1. The van der Waals surface area contributed by atoms with Crippen LogP contribution in [0.1, 0.15) is 52.4 Å². The highest BCUT2D eigenvalue weighted by Gasteiger charge is 2.32. The van der Waals surface area contributed by atoms with E-state index in [4.69, 9.17) is 9.94 Å². The minimum Gasteiger partial charge on any atom is -0.477 e. The van der Waals surface area contributed by atoms with Crippen molar-refractivity contribution in [2.75, 3.05) is 0 Å². The van der Waals surface area contributed by atoms with Crippen LogP contribution in [0, 0.1) is 0 Å². The molecule has 2 N–H and O–H groups in total. The predicted octanol–water partition coefficient (Wildman–Crippen LogP) is 1.69. The SMILES string of the molecule is CCCCC(CCC)NC(=O)C1CC(C(=O)O)=NO1. The van der Waals surface area contributed by atoms with Crippen LogP contribution in [-0.4, -0.2) is 34.8 Å². The van der Waals surface area contributed by atoms with E-state index in [0.717, 1.165) is 32.1 Å². The Morgan fingerprint density at radius 2 is 2.16 bits per heavy atom. The number of aliphatic carboxylic acids is 1. The van der Waals surface area contributed by atoms with E-state index in [2.05, 4.69) is 24.3 Å². The topological polar surface area (TPSA) is 88.0 Å². The molecule has 0 fully saturated rings. The van der Waals surface area contributed by atoms with Crippen LogP contribution in [0.3, 0.4) is 0 Å². The molecular weight excluding hydrogens is 248 g/mol. The van der Waals surface area contributed by atoms with Gasteiger partial charge in [0.2, 0.25) is 6.10 Å². The third-order valence-electron chi connectivity index (χ3n) is 3.10. The molecule has 0 aromatic carbocycles. The van der Waals surface area contributed by atoms with Crippen molar-refractivity contribution in [1.82, 2.24) is 5.32 Å². The van der Waals surface area contributed by atoms with Crippen molar-refractivity contribution in [2.24, 2.45) is 5.16 Å². The maximum Gasteiger partial charge on any atom is 0.353 e. The lowest BCUT2D eigenvalue weighted by Gasteiger charge is -2.19. The van der Waals surface area contributed by atoms with Gasteiger partial charge >= 0.3 is 5.97 Å². The van der Waals surface area contributed by atoms with Gasteiger partial charge in [0.25, 0.3) is 5.91 Å². The van der Waals surface area contributed by atoms with Gasteiger partial charge in [0.15, 0.2) is 5.71 Å². The molecule has 1 heterocycles. The maximum atomic E-state index is 12.0. The number of nitrogens with one attached hydrogen (secondary N) is 1. The number of carboxylic acid groups (broad SMARTS) is 1. The molecule has 1 aliphatic heterocycles. The largest absolute Gasteiger partial charge is 0.477 e. The Bertz CT molecular complexity index is 355. The van der Waals surface area contributed by atoms with Crippen molar-refractivity contribution >= 4 is 17.6 Å². The number of carbonyl (C=O) groups excluding carboxylic acids is 1. The first-order valence-electron chi connectivity index (χ1n) is 6.84. The molecule has 19 heavy (non-hydrogen) atoms. The average molecular weight is 270 g/mol. The van der Waals surface area contributed by atoms with Crippen molar-refractivity contribution in [3.63, 3.8) is 0 Å². The van der Waals surface area contributed by atoms with Gasteiger partial charge in [-0.15, -0.1) is 0 Å². The molecule has 0 saturated carbocycles. The van der Waals surface area contributed by atoms with Crippen LogP contribution in [0.25, 0.3) is 0 Å². The molecule has 0 saturated heterocycles. The summed E-state index contributed by atoms with van der Waals surface area (Å²) in [7, 11) is 0. The summed E-state index contributed by atoms with van der Waals surface area (Å²) in [5.41, 5.74) is -0.0965. The normalized spacial score (nSPS) is 19.5. The zero-order valence-electron chi connectivity index (χ0n) is 11.5. The molecule has 0 aliphatic carbocycles. The Labute approximate surface area is 113 Å². The Kier molecular flexibility index (Phi) is 6.32. The Morgan fingerprint density at radius 3 is 2.68 bits per heavy atom. The fourth-order valence-electron chi connectivity index (χ4n) is 2.03. The fraction of sp³-hybridized carbons (Fsp3) is 0.769. The molecule has 1 amide bonds. The third kappa shape index (κ3) is 4.89. The van der Waals surface area contributed by atoms with Crippen LogP contribution >= 0.6 is 0 Å². The molecule has 108 valence electrons. The van der Waals surface area contributed by atoms with E-state index >= 15 is 0 Å². The zero-order valence-corrected chi connectivity index (χ0v) is 11.5. The lowest BCUT2D eigenvalue weighted by Crippen LogP contribution is -2.41. The molecule has 0 spiro atoms.